The lowest BCUT2D eigenvalue weighted by molar-refractivity contribution is 0.0663. The van der Waals surface area contributed by atoms with E-state index in [2.05, 4.69) is 0 Å². The summed E-state index contributed by atoms with van der Waals surface area (Å²) in [6, 6.07) is 10.5. The first-order valence-electron chi connectivity index (χ1n) is 9.48. The Morgan fingerprint density at radius 2 is 1.83 bits per heavy atom. The number of rotatable bonds is 5. The molecule has 0 N–H and O–H groups in total. The highest BCUT2D eigenvalue weighted by Gasteiger charge is 2.42. The maximum absolute atomic E-state index is 13.5. The van der Waals surface area contributed by atoms with Crippen LogP contribution >= 0.6 is 0 Å². The molecule has 1 atom stereocenters. The van der Waals surface area contributed by atoms with Crippen LogP contribution in [0.3, 0.4) is 0 Å². The molecule has 0 spiro atoms. The molecule has 150 valence electrons. The van der Waals surface area contributed by atoms with Crippen molar-refractivity contribution in [3.8, 4) is 5.75 Å². The van der Waals surface area contributed by atoms with Crippen LogP contribution in [0.15, 0.2) is 45.6 Å². The van der Waals surface area contributed by atoms with E-state index in [1.807, 2.05) is 50.2 Å². The summed E-state index contributed by atoms with van der Waals surface area (Å²) in [6.45, 7) is 4.60. The van der Waals surface area contributed by atoms with Gasteiger partial charge in [0, 0.05) is 13.7 Å². The van der Waals surface area contributed by atoms with E-state index < -0.39 is 6.04 Å². The van der Waals surface area contributed by atoms with Crippen LogP contribution in [0.2, 0.25) is 0 Å². The first-order valence-corrected chi connectivity index (χ1v) is 9.48. The highest BCUT2D eigenvalue weighted by molar-refractivity contribution is 5.99. The maximum atomic E-state index is 13.5. The number of amides is 1. The molecule has 2 heterocycles. The minimum absolute atomic E-state index is 0.106. The molecule has 3 aromatic rings. The molecule has 0 saturated carbocycles. The number of fused-ring (bicyclic) bond motifs is 2. The average Bonchev–Trinajstić information content (AvgIpc) is 3.00. The molecule has 4 rings (SSSR count). The fraction of sp³-hybridized carbons (Fsp3) is 0.304. The van der Waals surface area contributed by atoms with Gasteiger partial charge in [0.25, 0.3) is 5.91 Å². The van der Waals surface area contributed by atoms with Crippen molar-refractivity contribution >= 4 is 16.9 Å². The summed E-state index contributed by atoms with van der Waals surface area (Å²) in [6.07, 6.45) is 0. The van der Waals surface area contributed by atoms with E-state index in [-0.39, 0.29) is 17.1 Å². The van der Waals surface area contributed by atoms with Crippen molar-refractivity contribution in [2.45, 2.75) is 19.9 Å². The number of carbonyl (C=O) groups is 1. The van der Waals surface area contributed by atoms with Gasteiger partial charge in [-0.1, -0.05) is 12.1 Å². The van der Waals surface area contributed by atoms with Gasteiger partial charge in [-0.25, -0.2) is 0 Å². The molecular weight excluding hydrogens is 370 g/mol. The van der Waals surface area contributed by atoms with Gasteiger partial charge < -0.3 is 18.8 Å². The first-order chi connectivity index (χ1) is 14.0. The van der Waals surface area contributed by atoms with Gasteiger partial charge in [0.1, 0.15) is 11.3 Å². The van der Waals surface area contributed by atoms with Gasteiger partial charge in [-0.05, 0) is 54.8 Å². The lowest BCUT2D eigenvalue weighted by atomic mass is 9.97. The molecule has 1 aliphatic rings. The summed E-state index contributed by atoms with van der Waals surface area (Å²) in [7, 11) is 3.17. The second-order valence-electron chi connectivity index (χ2n) is 7.28. The molecule has 6 nitrogen and oxygen atoms in total. The molecule has 0 bridgehead atoms. The predicted octanol–water partition coefficient (Wildman–Crippen LogP) is 3.61. The first kappa shape index (κ1) is 19.2. The van der Waals surface area contributed by atoms with Crippen LogP contribution < -0.4 is 10.2 Å². The van der Waals surface area contributed by atoms with Crippen LogP contribution in [0.25, 0.3) is 11.0 Å². The molecule has 1 aliphatic heterocycles. The number of hydrogen-bond acceptors (Lipinski definition) is 5. The number of nitrogens with zero attached hydrogens (tertiary/aromatic N) is 1. The van der Waals surface area contributed by atoms with Crippen LogP contribution in [0.1, 0.15) is 38.9 Å². The third-order valence-corrected chi connectivity index (χ3v) is 5.53. The Bertz CT molecular complexity index is 1160. The van der Waals surface area contributed by atoms with E-state index in [1.165, 1.54) is 0 Å². The Hall–Kier alpha value is -3.12. The summed E-state index contributed by atoms with van der Waals surface area (Å²) in [5, 5.41) is 0.487. The third-order valence-electron chi connectivity index (χ3n) is 5.53. The van der Waals surface area contributed by atoms with Crippen molar-refractivity contribution in [2.75, 3.05) is 27.4 Å². The predicted molar refractivity (Wildman–Crippen MR) is 110 cm³/mol. The standard InChI is InChI=1S/C23H23NO5/c1-13-10-17-18(11-14(13)2)29-22-19(21(17)25)20(24(23(22)26)8-9-27-3)15-6-5-7-16(12-15)28-4/h5-7,10-12,20H,8-9H2,1-4H3. The van der Waals surface area contributed by atoms with Crippen molar-refractivity contribution in [3.63, 3.8) is 0 Å². The van der Waals surface area contributed by atoms with Crippen molar-refractivity contribution in [1.29, 1.82) is 0 Å². The summed E-state index contributed by atoms with van der Waals surface area (Å²) in [5.41, 5.74) is 3.43. The van der Waals surface area contributed by atoms with E-state index in [1.54, 1.807) is 19.1 Å². The molecule has 0 saturated heterocycles. The van der Waals surface area contributed by atoms with Gasteiger partial charge in [-0.15, -0.1) is 0 Å². The van der Waals surface area contributed by atoms with Crippen molar-refractivity contribution in [2.24, 2.45) is 0 Å². The van der Waals surface area contributed by atoms with Gasteiger partial charge >= 0.3 is 0 Å². The summed E-state index contributed by atoms with van der Waals surface area (Å²) in [4.78, 5) is 28.3. The zero-order valence-electron chi connectivity index (χ0n) is 16.9. The Morgan fingerprint density at radius 3 is 2.55 bits per heavy atom. The van der Waals surface area contributed by atoms with Crippen LogP contribution in [-0.2, 0) is 4.74 Å². The van der Waals surface area contributed by atoms with E-state index >= 15 is 0 Å². The molecule has 0 fully saturated rings. The minimum Gasteiger partial charge on any atom is -0.497 e. The topological polar surface area (TPSA) is 69.0 Å². The second kappa shape index (κ2) is 7.37. The number of aryl methyl sites for hydroxylation is 2. The lowest BCUT2D eigenvalue weighted by Crippen LogP contribution is -2.32. The monoisotopic (exact) mass is 393 g/mol. The van der Waals surface area contributed by atoms with Crippen molar-refractivity contribution in [3.05, 3.63) is 74.6 Å². The largest absolute Gasteiger partial charge is 0.497 e. The zero-order chi connectivity index (χ0) is 20.7. The van der Waals surface area contributed by atoms with Gasteiger partial charge in [0.2, 0.25) is 5.76 Å². The molecule has 1 amide bonds. The molecule has 1 unspecified atom stereocenters. The summed E-state index contributed by atoms with van der Waals surface area (Å²) in [5.74, 6) is 0.462. The quantitative estimate of drug-likeness (QED) is 0.662. The minimum atomic E-state index is -0.551. The Balaban J connectivity index is 1.98. The Labute approximate surface area is 168 Å². The fourth-order valence-corrected chi connectivity index (χ4v) is 3.85. The van der Waals surface area contributed by atoms with E-state index in [0.29, 0.717) is 35.4 Å². The number of carbonyl (C=O) groups excluding carboxylic acids is 1. The average molecular weight is 393 g/mol. The number of methoxy groups -OCH3 is 2. The summed E-state index contributed by atoms with van der Waals surface area (Å²) < 4.78 is 16.5. The smallest absolute Gasteiger partial charge is 0.290 e. The maximum Gasteiger partial charge on any atom is 0.290 e. The van der Waals surface area contributed by atoms with Crippen LogP contribution in [0.4, 0.5) is 0 Å². The SMILES string of the molecule is COCCN1C(=O)c2oc3cc(C)c(C)cc3c(=O)c2C1c1cccc(OC)c1. The molecule has 2 aromatic carbocycles. The van der Waals surface area contributed by atoms with Crippen LogP contribution in [-0.4, -0.2) is 38.2 Å². The highest BCUT2D eigenvalue weighted by Crippen LogP contribution is 2.39. The number of benzene rings is 2. The molecule has 0 radical (unpaired) electrons. The lowest BCUT2D eigenvalue weighted by Gasteiger charge is -2.25. The number of ether oxygens (including phenoxy) is 2. The molecule has 0 aliphatic carbocycles. The number of hydrogen-bond donors (Lipinski definition) is 0. The van der Waals surface area contributed by atoms with Crippen LogP contribution in [0.5, 0.6) is 5.75 Å². The van der Waals surface area contributed by atoms with Crippen molar-refractivity contribution in [1.82, 2.24) is 4.90 Å². The normalized spacial score (nSPS) is 15.8. The van der Waals surface area contributed by atoms with E-state index in [4.69, 9.17) is 13.9 Å². The summed E-state index contributed by atoms with van der Waals surface area (Å²) >= 11 is 0. The van der Waals surface area contributed by atoms with Gasteiger partial charge in [0.05, 0.1) is 30.7 Å². The fourth-order valence-electron chi connectivity index (χ4n) is 3.85. The van der Waals surface area contributed by atoms with Crippen molar-refractivity contribution < 1.29 is 18.7 Å². The zero-order valence-corrected chi connectivity index (χ0v) is 16.9. The Kier molecular flexibility index (Phi) is 4.88. The van der Waals surface area contributed by atoms with Gasteiger partial charge in [-0.3, -0.25) is 9.59 Å². The second-order valence-corrected chi connectivity index (χ2v) is 7.28. The van der Waals surface area contributed by atoms with E-state index in [0.717, 1.165) is 16.7 Å². The van der Waals surface area contributed by atoms with Crippen LogP contribution in [0, 0.1) is 13.8 Å². The molecular formula is C23H23NO5. The van der Waals surface area contributed by atoms with Gasteiger partial charge in [-0.2, -0.15) is 0 Å². The third kappa shape index (κ3) is 3.09. The molecule has 29 heavy (non-hydrogen) atoms. The Morgan fingerprint density at radius 1 is 1.07 bits per heavy atom. The van der Waals surface area contributed by atoms with Gasteiger partial charge in [0.15, 0.2) is 5.43 Å². The molecule has 6 heteroatoms. The van der Waals surface area contributed by atoms with E-state index in [9.17, 15) is 9.59 Å². The highest BCUT2D eigenvalue weighted by atomic mass is 16.5. The molecule has 1 aromatic heterocycles.